The molecule has 1 aliphatic carbocycles. The van der Waals surface area contributed by atoms with Gasteiger partial charge >= 0.3 is 0 Å². The lowest BCUT2D eigenvalue weighted by atomic mass is 10.2. The third-order valence-electron chi connectivity index (χ3n) is 3.06. The first-order chi connectivity index (χ1) is 8.65. The van der Waals surface area contributed by atoms with Crippen molar-refractivity contribution >= 4 is 23.5 Å². The van der Waals surface area contributed by atoms with E-state index in [9.17, 15) is 4.79 Å². The average Bonchev–Trinajstić information content (AvgIpc) is 2.85. The van der Waals surface area contributed by atoms with Gasteiger partial charge in [-0.1, -0.05) is 24.4 Å². The van der Waals surface area contributed by atoms with Crippen LogP contribution in [0.25, 0.3) is 0 Å². The van der Waals surface area contributed by atoms with E-state index in [2.05, 4.69) is 20.6 Å². The Morgan fingerprint density at radius 3 is 2.61 bits per heavy atom. The zero-order chi connectivity index (χ0) is 13.0. The van der Waals surface area contributed by atoms with Crippen molar-refractivity contribution in [3.05, 3.63) is 17.4 Å². The summed E-state index contributed by atoms with van der Waals surface area (Å²) >= 11 is 5.69. The molecule has 2 rings (SSSR count). The Kier molecular flexibility index (Phi) is 4.36. The smallest absolute Gasteiger partial charge is 0.242 e. The summed E-state index contributed by atoms with van der Waals surface area (Å²) in [6, 6.07) is -0.0281. The van der Waals surface area contributed by atoms with Crippen LogP contribution in [-0.4, -0.2) is 28.0 Å². The number of rotatable bonds is 4. The van der Waals surface area contributed by atoms with Gasteiger partial charge in [-0.2, -0.15) is 0 Å². The zero-order valence-corrected chi connectivity index (χ0v) is 11.1. The van der Waals surface area contributed by atoms with Gasteiger partial charge in [-0.25, -0.2) is 9.97 Å². The number of aromatic nitrogens is 2. The number of halogens is 1. The topological polar surface area (TPSA) is 66.9 Å². The summed E-state index contributed by atoms with van der Waals surface area (Å²) in [5, 5.41) is 6.45. The molecule has 6 heteroatoms. The normalized spacial score (nSPS) is 17.4. The molecule has 0 aromatic carbocycles. The Balaban J connectivity index is 1.84. The van der Waals surface area contributed by atoms with Crippen LogP contribution in [-0.2, 0) is 4.79 Å². The molecule has 0 saturated heterocycles. The Bertz CT molecular complexity index is 403. The van der Waals surface area contributed by atoms with Gasteiger partial charge in [0.1, 0.15) is 6.04 Å². The van der Waals surface area contributed by atoms with Gasteiger partial charge in [-0.15, -0.1) is 0 Å². The first-order valence-electron chi connectivity index (χ1n) is 6.19. The van der Waals surface area contributed by atoms with Crippen molar-refractivity contribution in [2.45, 2.75) is 44.7 Å². The highest BCUT2D eigenvalue weighted by Crippen LogP contribution is 2.17. The van der Waals surface area contributed by atoms with Crippen molar-refractivity contribution in [2.75, 3.05) is 5.32 Å². The van der Waals surface area contributed by atoms with Gasteiger partial charge in [0.2, 0.25) is 11.9 Å². The summed E-state index contributed by atoms with van der Waals surface area (Å²) in [5.74, 6) is 0.397. The highest BCUT2D eigenvalue weighted by atomic mass is 35.5. The lowest BCUT2D eigenvalue weighted by Gasteiger charge is -2.17. The molecule has 1 aliphatic rings. The zero-order valence-electron chi connectivity index (χ0n) is 10.3. The van der Waals surface area contributed by atoms with E-state index in [1.807, 2.05) is 0 Å². The van der Waals surface area contributed by atoms with Gasteiger partial charge in [0.15, 0.2) is 0 Å². The predicted molar refractivity (Wildman–Crippen MR) is 70.5 cm³/mol. The predicted octanol–water partition coefficient (Wildman–Crippen LogP) is 1.99. The number of carbonyl (C=O) groups excluding carboxylic acids is 1. The minimum absolute atomic E-state index is 0.0135. The van der Waals surface area contributed by atoms with Crippen LogP contribution in [0.5, 0.6) is 0 Å². The number of nitrogens with one attached hydrogen (secondary N) is 2. The molecule has 1 unspecified atom stereocenters. The fraction of sp³-hybridized carbons (Fsp3) is 0.583. The van der Waals surface area contributed by atoms with E-state index in [0.717, 1.165) is 12.8 Å². The van der Waals surface area contributed by atoms with Gasteiger partial charge in [-0.05, 0) is 19.8 Å². The Hall–Kier alpha value is -1.36. The monoisotopic (exact) mass is 268 g/mol. The number of hydrogen-bond acceptors (Lipinski definition) is 4. The largest absolute Gasteiger partial charge is 0.352 e. The third-order valence-corrected chi connectivity index (χ3v) is 3.26. The number of amides is 1. The second-order valence-corrected chi connectivity index (χ2v) is 5.02. The molecule has 0 bridgehead atoms. The molecule has 98 valence electrons. The van der Waals surface area contributed by atoms with E-state index < -0.39 is 0 Å². The van der Waals surface area contributed by atoms with Crippen molar-refractivity contribution in [3.63, 3.8) is 0 Å². The second kappa shape index (κ2) is 6.00. The van der Waals surface area contributed by atoms with Gasteiger partial charge in [-0.3, -0.25) is 4.79 Å². The lowest BCUT2D eigenvalue weighted by molar-refractivity contribution is -0.122. The lowest BCUT2D eigenvalue weighted by Crippen LogP contribution is -2.42. The van der Waals surface area contributed by atoms with Gasteiger partial charge in [0, 0.05) is 6.04 Å². The van der Waals surface area contributed by atoms with E-state index in [0.29, 0.717) is 17.0 Å². The van der Waals surface area contributed by atoms with Gasteiger partial charge in [0.25, 0.3) is 0 Å². The van der Waals surface area contributed by atoms with E-state index >= 15 is 0 Å². The fourth-order valence-electron chi connectivity index (χ4n) is 2.04. The molecule has 1 fully saturated rings. The van der Waals surface area contributed by atoms with Crippen molar-refractivity contribution in [1.82, 2.24) is 15.3 Å². The molecule has 1 heterocycles. The maximum Gasteiger partial charge on any atom is 0.242 e. The summed E-state index contributed by atoms with van der Waals surface area (Å²) in [4.78, 5) is 19.9. The molecule has 0 aliphatic heterocycles. The minimum atomic E-state index is -0.355. The molecule has 1 saturated carbocycles. The van der Waals surface area contributed by atoms with E-state index in [4.69, 9.17) is 11.6 Å². The summed E-state index contributed by atoms with van der Waals surface area (Å²) in [7, 11) is 0. The van der Waals surface area contributed by atoms with Gasteiger partial charge < -0.3 is 10.6 Å². The number of hydrogen-bond donors (Lipinski definition) is 2. The maximum absolute atomic E-state index is 11.9. The van der Waals surface area contributed by atoms with Crippen LogP contribution in [0, 0.1) is 0 Å². The number of anilines is 1. The molecule has 1 aromatic heterocycles. The highest BCUT2D eigenvalue weighted by Gasteiger charge is 2.20. The first kappa shape index (κ1) is 13.1. The second-order valence-electron chi connectivity index (χ2n) is 4.58. The molecule has 1 amide bonds. The number of carbonyl (C=O) groups is 1. The molecule has 1 atom stereocenters. The first-order valence-corrected chi connectivity index (χ1v) is 6.57. The molecule has 0 spiro atoms. The standard InChI is InChI=1S/C12H17ClN4O/c1-8(11(18)17-10-4-2-3-5-10)16-12-14-6-9(13)7-15-12/h6-8,10H,2-5H2,1H3,(H,17,18)(H,14,15,16). The Morgan fingerprint density at radius 2 is 2.00 bits per heavy atom. The van der Waals surface area contributed by atoms with Crippen LogP contribution in [0.1, 0.15) is 32.6 Å². The van der Waals surface area contributed by atoms with Crippen LogP contribution in [0.15, 0.2) is 12.4 Å². The summed E-state index contributed by atoms with van der Waals surface area (Å²) < 4.78 is 0. The van der Waals surface area contributed by atoms with Crippen molar-refractivity contribution < 1.29 is 4.79 Å². The number of nitrogens with zero attached hydrogens (tertiary/aromatic N) is 2. The quantitative estimate of drug-likeness (QED) is 0.876. The molecule has 5 nitrogen and oxygen atoms in total. The van der Waals surface area contributed by atoms with Crippen LogP contribution in [0.2, 0.25) is 5.02 Å². The van der Waals surface area contributed by atoms with Crippen LogP contribution >= 0.6 is 11.6 Å². The highest BCUT2D eigenvalue weighted by molar-refractivity contribution is 6.30. The Morgan fingerprint density at radius 1 is 1.39 bits per heavy atom. The third kappa shape index (κ3) is 3.57. The molecular formula is C12H17ClN4O. The van der Waals surface area contributed by atoms with E-state index in [-0.39, 0.29) is 11.9 Å². The van der Waals surface area contributed by atoms with Crippen LogP contribution in [0.4, 0.5) is 5.95 Å². The molecule has 1 aromatic rings. The van der Waals surface area contributed by atoms with E-state index in [1.54, 1.807) is 6.92 Å². The van der Waals surface area contributed by atoms with E-state index in [1.165, 1.54) is 25.2 Å². The van der Waals surface area contributed by atoms with Crippen molar-refractivity contribution in [3.8, 4) is 0 Å². The average molecular weight is 269 g/mol. The summed E-state index contributed by atoms with van der Waals surface area (Å²) in [5.41, 5.74) is 0. The SMILES string of the molecule is CC(Nc1ncc(Cl)cn1)C(=O)NC1CCCC1. The Labute approximate surface area is 111 Å². The van der Waals surface area contributed by atoms with Crippen molar-refractivity contribution in [1.29, 1.82) is 0 Å². The summed E-state index contributed by atoms with van der Waals surface area (Å²) in [6.45, 7) is 1.79. The molecular weight excluding hydrogens is 252 g/mol. The maximum atomic E-state index is 11.9. The summed E-state index contributed by atoms with van der Waals surface area (Å²) in [6.07, 6.45) is 7.56. The van der Waals surface area contributed by atoms with Crippen LogP contribution < -0.4 is 10.6 Å². The van der Waals surface area contributed by atoms with Crippen LogP contribution in [0.3, 0.4) is 0 Å². The van der Waals surface area contributed by atoms with Gasteiger partial charge in [0.05, 0.1) is 17.4 Å². The van der Waals surface area contributed by atoms with Crippen molar-refractivity contribution in [2.24, 2.45) is 0 Å². The molecule has 18 heavy (non-hydrogen) atoms. The fourth-order valence-corrected chi connectivity index (χ4v) is 2.14. The molecule has 2 N–H and O–H groups in total. The minimum Gasteiger partial charge on any atom is -0.352 e. The molecule has 0 radical (unpaired) electrons.